The summed E-state index contributed by atoms with van der Waals surface area (Å²) in [6, 6.07) is 56.8. The van der Waals surface area contributed by atoms with E-state index in [1.807, 2.05) is 36.4 Å². The molecule has 10 rings (SSSR count). The molecule has 0 aliphatic rings. The molecule has 0 saturated carbocycles. The van der Waals surface area contributed by atoms with Crippen LogP contribution in [-0.4, -0.2) is 15.0 Å². The second-order valence-electron chi connectivity index (χ2n) is 12.3. The molecular formula is C45H27N3O. The molecule has 0 radical (unpaired) electrons. The first-order chi connectivity index (χ1) is 24.3. The fourth-order valence-corrected chi connectivity index (χ4v) is 7.31. The molecule has 8 aromatic carbocycles. The van der Waals surface area contributed by atoms with Crippen LogP contribution in [0.15, 0.2) is 168 Å². The molecule has 0 spiro atoms. The number of fused-ring (bicyclic) bond motifs is 8. The van der Waals surface area contributed by atoms with E-state index in [2.05, 4.69) is 127 Å². The molecule has 0 N–H and O–H groups in total. The average Bonchev–Trinajstić information content (AvgIpc) is 3.57. The predicted octanol–water partition coefficient (Wildman–Crippen LogP) is 11.9. The van der Waals surface area contributed by atoms with E-state index >= 15 is 0 Å². The van der Waals surface area contributed by atoms with Gasteiger partial charge >= 0.3 is 0 Å². The third-order valence-electron chi connectivity index (χ3n) is 9.52. The van der Waals surface area contributed by atoms with Crippen molar-refractivity contribution in [2.75, 3.05) is 0 Å². The van der Waals surface area contributed by atoms with Crippen LogP contribution in [0.2, 0.25) is 0 Å². The van der Waals surface area contributed by atoms with Crippen molar-refractivity contribution in [3.05, 3.63) is 164 Å². The Morgan fingerprint density at radius 2 is 0.918 bits per heavy atom. The molecule has 0 aliphatic heterocycles. The third kappa shape index (κ3) is 4.42. The second-order valence-corrected chi connectivity index (χ2v) is 12.3. The fourth-order valence-electron chi connectivity index (χ4n) is 7.31. The van der Waals surface area contributed by atoms with Crippen LogP contribution in [0, 0.1) is 0 Å². The van der Waals surface area contributed by atoms with Gasteiger partial charge in [-0.25, -0.2) is 15.0 Å². The first-order valence-electron chi connectivity index (χ1n) is 16.5. The highest BCUT2D eigenvalue weighted by Gasteiger charge is 2.20. The van der Waals surface area contributed by atoms with Crippen LogP contribution >= 0.6 is 0 Å². The number of rotatable bonds is 4. The molecule has 0 unspecified atom stereocenters. The van der Waals surface area contributed by atoms with E-state index in [4.69, 9.17) is 19.4 Å². The molecule has 0 amide bonds. The monoisotopic (exact) mass is 625 g/mol. The van der Waals surface area contributed by atoms with Gasteiger partial charge in [0.25, 0.3) is 0 Å². The summed E-state index contributed by atoms with van der Waals surface area (Å²) in [5, 5.41) is 9.28. The maximum Gasteiger partial charge on any atom is 0.164 e. The van der Waals surface area contributed by atoms with E-state index < -0.39 is 0 Å². The van der Waals surface area contributed by atoms with Crippen molar-refractivity contribution < 1.29 is 4.42 Å². The van der Waals surface area contributed by atoms with Crippen LogP contribution in [0.5, 0.6) is 0 Å². The van der Waals surface area contributed by atoms with Gasteiger partial charge in [-0.3, -0.25) is 0 Å². The summed E-state index contributed by atoms with van der Waals surface area (Å²) in [7, 11) is 0. The number of hydrogen-bond acceptors (Lipinski definition) is 4. The first kappa shape index (κ1) is 27.5. The van der Waals surface area contributed by atoms with Crippen molar-refractivity contribution in [3.8, 4) is 45.3 Å². The molecule has 0 atom stereocenters. The molecule has 228 valence electrons. The number of furan rings is 1. The summed E-state index contributed by atoms with van der Waals surface area (Å²) < 4.78 is 6.28. The van der Waals surface area contributed by atoms with Crippen LogP contribution in [0.4, 0.5) is 0 Å². The van der Waals surface area contributed by atoms with E-state index in [0.717, 1.165) is 60.5 Å². The van der Waals surface area contributed by atoms with Gasteiger partial charge in [0.15, 0.2) is 17.5 Å². The van der Waals surface area contributed by atoms with Gasteiger partial charge < -0.3 is 4.42 Å². The Morgan fingerprint density at radius 1 is 0.327 bits per heavy atom. The van der Waals surface area contributed by atoms with Crippen LogP contribution < -0.4 is 0 Å². The van der Waals surface area contributed by atoms with Crippen molar-refractivity contribution in [1.29, 1.82) is 0 Å². The van der Waals surface area contributed by atoms with Crippen LogP contribution in [0.25, 0.3) is 99.5 Å². The maximum absolute atomic E-state index is 6.28. The lowest BCUT2D eigenvalue weighted by atomic mass is 9.93. The maximum atomic E-state index is 6.28. The Labute approximate surface area is 282 Å². The molecule has 0 aliphatic carbocycles. The molecule has 10 aromatic rings. The number of aromatic nitrogens is 3. The minimum Gasteiger partial charge on any atom is -0.456 e. The molecule has 0 fully saturated rings. The molecule has 0 saturated heterocycles. The van der Waals surface area contributed by atoms with Crippen molar-refractivity contribution in [2.24, 2.45) is 0 Å². The average molecular weight is 626 g/mol. The topological polar surface area (TPSA) is 51.8 Å². The summed E-state index contributed by atoms with van der Waals surface area (Å²) in [6.45, 7) is 0. The zero-order valence-electron chi connectivity index (χ0n) is 26.3. The Balaban J connectivity index is 1.26. The smallest absolute Gasteiger partial charge is 0.164 e. The van der Waals surface area contributed by atoms with Crippen molar-refractivity contribution in [1.82, 2.24) is 15.0 Å². The summed E-state index contributed by atoms with van der Waals surface area (Å²) in [4.78, 5) is 15.6. The highest BCUT2D eigenvalue weighted by Crippen LogP contribution is 2.42. The highest BCUT2D eigenvalue weighted by molar-refractivity contribution is 6.23. The summed E-state index contributed by atoms with van der Waals surface area (Å²) >= 11 is 0. The fraction of sp³-hybridized carbons (Fsp3) is 0. The van der Waals surface area contributed by atoms with Crippen molar-refractivity contribution in [2.45, 2.75) is 0 Å². The lowest BCUT2D eigenvalue weighted by Crippen LogP contribution is -2.01. The Kier molecular flexibility index (Phi) is 6.15. The van der Waals surface area contributed by atoms with Crippen LogP contribution in [0.3, 0.4) is 0 Å². The predicted molar refractivity (Wildman–Crippen MR) is 201 cm³/mol. The quantitative estimate of drug-likeness (QED) is 0.183. The highest BCUT2D eigenvalue weighted by atomic mass is 16.3. The molecule has 2 aromatic heterocycles. The van der Waals surface area contributed by atoms with Gasteiger partial charge in [0.1, 0.15) is 11.2 Å². The first-order valence-corrected chi connectivity index (χ1v) is 16.5. The largest absolute Gasteiger partial charge is 0.456 e. The van der Waals surface area contributed by atoms with Gasteiger partial charge in [0.05, 0.1) is 0 Å². The third-order valence-corrected chi connectivity index (χ3v) is 9.52. The number of nitrogens with zero attached hydrogens (tertiary/aromatic N) is 3. The summed E-state index contributed by atoms with van der Waals surface area (Å²) in [5.74, 6) is 1.88. The van der Waals surface area contributed by atoms with Gasteiger partial charge in [0, 0.05) is 27.5 Å². The van der Waals surface area contributed by atoms with E-state index in [-0.39, 0.29) is 0 Å². The Bertz CT molecular complexity index is 2890. The molecule has 4 nitrogen and oxygen atoms in total. The molecule has 0 bridgehead atoms. The zero-order chi connectivity index (χ0) is 32.3. The minimum atomic E-state index is 0.618. The Morgan fingerprint density at radius 3 is 1.78 bits per heavy atom. The van der Waals surface area contributed by atoms with E-state index in [1.165, 1.54) is 21.5 Å². The van der Waals surface area contributed by atoms with Crippen LogP contribution in [0.1, 0.15) is 0 Å². The SMILES string of the molecule is c1ccc(-c2nc(-c3ccccc3-c3cccc4oc5ccccc5c34)nc(-c3cc4ccc5ccccc5c4c4ccccc34)n2)cc1. The van der Waals surface area contributed by atoms with E-state index in [9.17, 15) is 0 Å². The minimum absolute atomic E-state index is 0.618. The van der Waals surface area contributed by atoms with Crippen molar-refractivity contribution >= 4 is 54.3 Å². The van der Waals surface area contributed by atoms with Crippen LogP contribution in [-0.2, 0) is 0 Å². The summed E-state index contributed by atoms with van der Waals surface area (Å²) in [5.41, 5.74) is 6.66. The zero-order valence-corrected chi connectivity index (χ0v) is 26.3. The lowest BCUT2D eigenvalue weighted by molar-refractivity contribution is 0.669. The van der Waals surface area contributed by atoms with Gasteiger partial charge in [-0.1, -0.05) is 146 Å². The second kappa shape index (κ2) is 11.0. The van der Waals surface area contributed by atoms with E-state index in [0.29, 0.717) is 17.5 Å². The molecule has 4 heteroatoms. The molecular weight excluding hydrogens is 599 g/mol. The van der Waals surface area contributed by atoms with Gasteiger partial charge in [-0.2, -0.15) is 0 Å². The van der Waals surface area contributed by atoms with E-state index in [1.54, 1.807) is 0 Å². The number of benzene rings is 8. The summed E-state index contributed by atoms with van der Waals surface area (Å²) in [6.07, 6.45) is 0. The molecule has 2 heterocycles. The molecule has 49 heavy (non-hydrogen) atoms. The van der Waals surface area contributed by atoms with Crippen molar-refractivity contribution in [3.63, 3.8) is 0 Å². The number of hydrogen-bond donors (Lipinski definition) is 0. The van der Waals surface area contributed by atoms with Gasteiger partial charge in [-0.05, 0) is 61.6 Å². The van der Waals surface area contributed by atoms with Gasteiger partial charge in [0.2, 0.25) is 0 Å². The lowest BCUT2D eigenvalue weighted by Gasteiger charge is -2.15. The number of para-hydroxylation sites is 1. The Hall–Kier alpha value is -6.65. The standard InChI is InChI=1S/C45H27N3O/c1-2-14-29(15-3-1)43-46-44(36-20-9-7-17-32(36)35-22-12-24-40-42(35)37-21-10-11-23-39(37)49-40)48-45(47-43)38-27-30-26-25-28-13-4-5-16-31(28)41(30)34-19-8-6-18-33(34)38/h1-27H. The van der Waals surface area contributed by atoms with Gasteiger partial charge in [-0.15, -0.1) is 0 Å². The normalized spacial score (nSPS) is 11.7.